The van der Waals surface area contributed by atoms with Crippen molar-refractivity contribution in [3.8, 4) is 6.07 Å². The van der Waals surface area contributed by atoms with Crippen molar-refractivity contribution in [2.24, 2.45) is 0 Å². The van der Waals surface area contributed by atoms with Crippen LogP contribution < -0.4 is 10.6 Å². The predicted octanol–water partition coefficient (Wildman–Crippen LogP) is 3.74. The molecule has 2 aromatic rings. The van der Waals surface area contributed by atoms with Crippen molar-refractivity contribution in [3.05, 3.63) is 71.1 Å². The molecule has 2 N–H and O–H groups in total. The molecule has 0 aromatic heterocycles. The van der Waals surface area contributed by atoms with Crippen LogP contribution in [-0.4, -0.2) is 12.1 Å². The lowest BCUT2D eigenvalue weighted by Gasteiger charge is -2.13. The Morgan fingerprint density at radius 2 is 1.70 bits per heavy atom. The van der Waals surface area contributed by atoms with Crippen LogP contribution in [-0.2, 0) is 0 Å². The number of carbonyl (C=O) groups excluding carboxylic acids is 1. The van der Waals surface area contributed by atoms with Crippen LogP contribution in [0.5, 0.6) is 0 Å². The van der Waals surface area contributed by atoms with E-state index >= 15 is 0 Å². The quantitative estimate of drug-likeness (QED) is 0.905. The number of carbonyl (C=O) groups is 1. The van der Waals surface area contributed by atoms with Crippen molar-refractivity contribution in [1.82, 2.24) is 10.6 Å². The first-order chi connectivity index (χ1) is 11.3. The lowest BCUT2D eigenvalue weighted by atomic mass is 10.1. The number of hydrogen-bond donors (Lipinski definition) is 2. The summed E-state index contributed by atoms with van der Waals surface area (Å²) in [6.45, 7) is 0. The molecule has 1 unspecified atom stereocenters. The fraction of sp³-hybridized carbons (Fsp3) is 0.111. The number of urea groups is 1. The van der Waals surface area contributed by atoms with E-state index in [4.69, 9.17) is 0 Å². The van der Waals surface area contributed by atoms with Crippen LogP contribution in [0, 0.1) is 11.3 Å². The SMILES string of the molecule is N#CC1CC(Sc2ccccc2)=C(c2ccccc2)NC(=O)N1. The van der Waals surface area contributed by atoms with E-state index in [2.05, 4.69) is 16.7 Å². The lowest BCUT2D eigenvalue weighted by molar-refractivity contribution is 0.243. The number of nitriles is 1. The summed E-state index contributed by atoms with van der Waals surface area (Å²) in [4.78, 5) is 14.1. The number of thioether (sulfide) groups is 1. The molecule has 0 spiro atoms. The molecule has 0 bridgehead atoms. The van der Waals surface area contributed by atoms with Gasteiger partial charge in [-0.25, -0.2) is 4.79 Å². The topological polar surface area (TPSA) is 64.9 Å². The molecule has 0 saturated carbocycles. The summed E-state index contributed by atoms with van der Waals surface area (Å²) >= 11 is 1.58. The summed E-state index contributed by atoms with van der Waals surface area (Å²) in [7, 11) is 0. The summed E-state index contributed by atoms with van der Waals surface area (Å²) in [6.07, 6.45) is 0.471. The van der Waals surface area contributed by atoms with Gasteiger partial charge in [0, 0.05) is 16.2 Å². The standard InChI is InChI=1S/C18H15N3OS/c19-12-14-11-16(23-15-9-5-2-6-10-15)17(21-18(22)20-14)13-7-3-1-4-8-13/h1-10,14H,11H2,(H2,20,21,22). The van der Waals surface area contributed by atoms with Gasteiger partial charge in [0.1, 0.15) is 6.04 Å². The summed E-state index contributed by atoms with van der Waals surface area (Å²) in [6, 6.07) is 20.9. The minimum Gasteiger partial charge on any atom is -0.322 e. The van der Waals surface area contributed by atoms with Crippen molar-refractivity contribution in [2.45, 2.75) is 17.4 Å². The van der Waals surface area contributed by atoms with Gasteiger partial charge in [0.25, 0.3) is 0 Å². The monoisotopic (exact) mass is 321 g/mol. The highest BCUT2D eigenvalue weighted by Crippen LogP contribution is 2.35. The van der Waals surface area contributed by atoms with Gasteiger partial charge in [0.15, 0.2) is 0 Å². The van der Waals surface area contributed by atoms with Gasteiger partial charge in [0.2, 0.25) is 0 Å². The second kappa shape index (κ2) is 7.03. The van der Waals surface area contributed by atoms with E-state index in [9.17, 15) is 10.1 Å². The van der Waals surface area contributed by atoms with Gasteiger partial charge in [-0.3, -0.25) is 0 Å². The Morgan fingerprint density at radius 1 is 1.04 bits per heavy atom. The first-order valence-corrected chi connectivity index (χ1v) is 8.06. The third-order valence-electron chi connectivity index (χ3n) is 3.41. The number of amides is 2. The molecule has 1 aliphatic heterocycles. The highest BCUT2D eigenvalue weighted by atomic mass is 32.2. The molecule has 5 heteroatoms. The van der Waals surface area contributed by atoms with E-state index in [0.29, 0.717) is 6.42 Å². The molecule has 1 heterocycles. The van der Waals surface area contributed by atoms with Crippen LogP contribution in [0.2, 0.25) is 0 Å². The van der Waals surface area contributed by atoms with Gasteiger partial charge in [-0.2, -0.15) is 5.26 Å². The second-order valence-electron chi connectivity index (χ2n) is 5.06. The molecule has 0 saturated heterocycles. The molecule has 4 nitrogen and oxygen atoms in total. The number of rotatable bonds is 3. The Labute approximate surface area is 139 Å². The maximum atomic E-state index is 12.0. The van der Waals surface area contributed by atoms with E-state index in [1.807, 2.05) is 60.7 Å². The number of hydrogen-bond acceptors (Lipinski definition) is 3. The van der Waals surface area contributed by atoms with Gasteiger partial charge < -0.3 is 10.6 Å². The maximum Gasteiger partial charge on any atom is 0.320 e. The lowest BCUT2D eigenvalue weighted by Crippen LogP contribution is -2.38. The maximum absolute atomic E-state index is 12.0. The molecule has 23 heavy (non-hydrogen) atoms. The smallest absolute Gasteiger partial charge is 0.320 e. The van der Waals surface area contributed by atoms with Gasteiger partial charge >= 0.3 is 6.03 Å². The molecule has 1 atom stereocenters. The predicted molar refractivity (Wildman–Crippen MR) is 91.3 cm³/mol. The van der Waals surface area contributed by atoms with Gasteiger partial charge in [-0.15, -0.1) is 0 Å². The van der Waals surface area contributed by atoms with Crippen LogP contribution in [0.1, 0.15) is 12.0 Å². The minimum atomic E-state index is -0.539. The summed E-state index contributed by atoms with van der Waals surface area (Å²) in [5, 5.41) is 14.8. The zero-order valence-corrected chi connectivity index (χ0v) is 13.1. The molecular formula is C18H15N3OS. The van der Waals surface area contributed by atoms with Crippen LogP contribution in [0.3, 0.4) is 0 Å². The second-order valence-corrected chi connectivity index (χ2v) is 6.23. The van der Waals surface area contributed by atoms with Crippen molar-refractivity contribution in [3.63, 3.8) is 0 Å². The van der Waals surface area contributed by atoms with Crippen molar-refractivity contribution in [1.29, 1.82) is 5.26 Å². The highest BCUT2D eigenvalue weighted by molar-refractivity contribution is 8.03. The van der Waals surface area contributed by atoms with Crippen molar-refractivity contribution >= 4 is 23.5 Å². The Kier molecular flexibility index (Phi) is 4.65. The normalized spacial score (nSPS) is 17.7. The molecule has 0 radical (unpaired) electrons. The van der Waals surface area contributed by atoms with E-state index in [0.717, 1.165) is 21.1 Å². The highest BCUT2D eigenvalue weighted by Gasteiger charge is 2.23. The molecule has 0 fully saturated rings. The molecule has 2 amide bonds. The van der Waals surface area contributed by atoms with Gasteiger partial charge in [-0.1, -0.05) is 60.3 Å². The first kappa shape index (κ1) is 15.2. The number of benzene rings is 2. The van der Waals surface area contributed by atoms with Crippen LogP contribution >= 0.6 is 11.8 Å². The molecule has 2 aromatic carbocycles. The van der Waals surface area contributed by atoms with Crippen molar-refractivity contribution in [2.75, 3.05) is 0 Å². The third kappa shape index (κ3) is 3.74. The Morgan fingerprint density at radius 3 is 2.35 bits per heavy atom. The average Bonchev–Trinajstić information content (AvgIpc) is 2.75. The summed E-state index contributed by atoms with van der Waals surface area (Å²) in [5.74, 6) is 0. The molecule has 1 aliphatic rings. The van der Waals surface area contributed by atoms with E-state index in [1.54, 1.807) is 11.8 Å². The fourth-order valence-corrected chi connectivity index (χ4v) is 3.45. The Balaban J connectivity index is 2.04. The third-order valence-corrected chi connectivity index (χ3v) is 4.54. The number of nitrogens with zero attached hydrogens (tertiary/aromatic N) is 1. The summed E-state index contributed by atoms with van der Waals surface area (Å²) in [5.41, 5.74) is 1.69. The zero-order valence-electron chi connectivity index (χ0n) is 12.3. The van der Waals surface area contributed by atoms with Gasteiger partial charge in [0.05, 0.1) is 11.8 Å². The molecule has 0 aliphatic carbocycles. The fourth-order valence-electron chi connectivity index (χ4n) is 2.36. The Bertz CT molecular complexity index is 766. The Hall–Kier alpha value is -2.71. The molecule has 3 rings (SSSR count). The minimum absolute atomic E-state index is 0.348. The van der Waals surface area contributed by atoms with Gasteiger partial charge in [-0.05, 0) is 17.7 Å². The molecule has 114 valence electrons. The summed E-state index contributed by atoms with van der Waals surface area (Å²) < 4.78 is 0. The molecular weight excluding hydrogens is 306 g/mol. The van der Waals surface area contributed by atoms with Crippen LogP contribution in [0.15, 0.2) is 70.5 Å². The number of nitrogens with one attached hydrogen (secondary N) is 2. The zero-order chi connectivity index (χ0) is 16.1. The van der Waals surface area contributed by atoms with E-state index < -0.39 is 6.04 Å². The average molecular weight is 321 g/mol. The van der Waals surface area contributed by atoms with Crippen LogP contribution in [0.4, 0.5) is 4.79 Å². The largest absolute Gasteiger partial charge is 0.322 e. The van der Waals surface area contributed by atoms with E-state index in [-0.39, 0.29) is 6.03 Å². The van der Waals surface area contributed by atoms with Crippen LogP contribution in [0.25, 0.3) is 5.70 Å². The van der Waals surface area contributed by atoms with E-state index in [1.165, 1.54) is 0 Å². The van der Waals surface area contributed by atoms with Crippen molar-refractivity contribution < 1.29 is 4.79 Å². The first-order valence-electron chi connectivity index (χ1n) is 7.25.